The minimum absolute atomic E-state index is 0. The van der Waals surface area contributed by atoms with Crippen molar-refractivity contribution in [2.24, 2.45) is 5.73 Å². The van der Waals surface area contributed by atoms with Crippen LogP contribution in [0.25, 0.3) is 10.8 Å². The van der Waals surface area contributed by atoms with Crippen LogP contribution in [0.4, 0.5) is 0 Å². The Hall–Kier alpha value is -2.02. The van der Waals surface area contributed by atoms with Gasteiger partial charge in [0, 0.05) is 6.54 Å². The van der Waals surface area contributed by atoms with E-state index < -0.39 is 0 Å². The van der Waals surface area contributed by atoms with E-state index in [4.69, 9.17) is 5.73 Å². The minimum Gasteiger partial charge on any atom is -0.343 e. The van der Waals surface area contributed by atoms with Crippen LogP contribution < -0.4 is 11.1 Å². The van der Waals surface area contributed by atoms with Crippen LogP contribution in [-0.4, -0.2) is 22.0 Å². The second kappa shape index (κ2) is 7.50. The zero-order chi connectivity index (χ0) is 15.5. The summed E-state index contributed by atoms with van der Waals surface area (Å²) >= 11 is 1.09. The number of carbonyl (C=O) groups excluding carboxylic acids is 1. The lowest BCUT2D eigenvalue weighted by Crippen LogP contribution is -2.33. The van der Waals surface area contributed by atoms with E-state index in [0.717, 1.165) is 27.9 Å². The molecule has 1 atom stereocenters. The van der Waals surface area contributed by atoms with Crippen LogP contribution in [0.3, 0.4) is 0 Å². The zero-order valence-electron chi connectivity index (χ0n) is 12.5. The van der Waals surface area contributed by atoms with Crippen LogP contribution in [0.2, 0.25) is 0 Å². The normalized spacial score (nSPS) is 11.7. The standard InChI is InChI=1S/C16H16N4OS.ClH/c1-10-15(22-20-19-10)16(21)18-14(9-17)13-7-6-11-4-2-3-5-12(11)8-13;/h2-8,14H,9,17H2,1H3,(H,18,21);1H. The van der Waals surface area contributed by atoms with Gasteiger partial charge in [0.05, 0.1) is 11.7 Å². The first-order valence-corrected chi connectivity index (χ1v) is 7.75. The molecule has 3 N–H and O–H groups in total. The Morgan fingerprint density at radius 3 is 2.65 bits per heavy atom. The highest BCUT2D eigenvalue weighted by Crippen LogP contribution is 2.21. The lowest BCUT2D eigenvalue weighted by atomic mass is 10.0. The van der Waals surface area contributed by atoms with Crippen LogP contribution in [0.5, 0.6) is 0 Å². The molecule has 0 saturated heterocycles. The number of nitrogens with zero attached hydrogens (tertiary/aromatic N) is 2. The molecule has 1 heterocycles. The van der Waals surface area contributed by atoms with Crippen molar-refractivity contribution in [1.29, 1.82) is 0 Å². The Bertz CT molecular complexity index is 820. The third-order valence-electron chi connectivity index (χ3n) is 3.57. The largest absolute Gasteiger partial charge is 0.343 e. The molecule has 23 heavy (non-hydrogen) atoms. The molecule has 120 valence electrons. The van der Waals surface area contributed by atoms with E-state index in [1.54, 1.807) is 6.92 Å². The van der Waals surface area contributed by atoms with E-state index in [1.165, 1.54) is 0 Å². The van der Waals surface area contributed by atoms with Gasteiger partial charge in [-0.2, -0.15) is 0 Å². The maximum Gasteiger partial charge on any atom is 0.265 e. The number of nitrogens with two attached hydrogens (primary N) is 1. The third kappa shape index (κ3) is 3.67. The van der Waals surface area contributed by atoms with E-state index >= 15 is 0 Å². The molecule has 0 bridgehead atoms. The van der Waals surface area contributed by atoms with Crippen LogP contribution in [0.15, 0.2) is 42.5 Å². The van der Waals surface area contributed by atoms with E-state index in [2.05, 4.69) is 27.0 Å². The quantitative estimate of drug-likeness (QED) is 0.759. The smallest absolute Gasteiger partial charge is 0.265 e. The molecule has 0 saturated carbocycles. The highest BCUT2D eigenvalue weighted by Gasteiger charge is 2.18. The average Bonchev–Trinajstić information content (AvgIpc) is 2.98. The molecular formula is C16H17ClN4OS. The maximum atomic E-state index is 12.3. The summed E-state index contributed by atoms with van der Waals surface area (Å²) in [5, 5.41) is 9.11. The molecule has 7 heteroatoms. The van der Waals surface area contributed by atoms with Gasteiger partial charge in [-0.05, 0) is 40.9 Å². The number of amides is 1. The number of fused-ring (bicyclic) bond motifs is 1. The summed E-state index contributed by atoms with van der Waals surface area (Å²) in [6.45, 7) is 2.10. The number of rotatable bonds is 4. The van der Waals surface area contributed by atoms with Crippen LogP contribution in [0.1, 0.15) is 27.0 Å². The number of hydrogen-bond acceptors (Lipinski definition) is 5. The van der Waals surface area contributed by atoms with E-state index in [0.29, 0.717) is 17.1 Å². The summed E-state index contributed by atoms with van der Waals surface area (Å²) in [4.78, 5) is 12.8. The molecule has 0 aliphatic carbocycles. The van der Waals surface area contributed by atoms with Gasteiger partial charge in [-0.15, -0.1) is 17.5 Å². The van der Waals surface area contributed by atoms with Gasteiger partial charge in [0.15, 0.2) is 0 Å². The van der Waals surface area contributed by atoms with Crippen molar-refractivity contribution in [3.8, 4) is 0 Å². The summed E-state index contributed by atoms with van der Waals surface area (Å²) in [7, 11) is 0. The molecule has 5 nitrogen and oxygen atoms in total. The Kier molecular flexibility index (Phi) is 5.65. The topological polar surface area (TPSA) is 80.9 Å². The number of halogens is 1. The van der Waals surface area contributed by atoms with Crippen molar-refractivity contribution in [3.05, 3.63) is 58.6 Å². The molecule has 1 amide bonds. The van der Waals surface area contributed by atoms with Crippen molar-refractivity contribution in [2.45, 2.75) is 13.0 Å². The predicted molar refractivity (Wildman–Crippen MR) is 95.1 cm³/mol. The lowest BCUT2D eigenvalue weighted by molar-refractivity contribution is 0.0941. The Morgan fingerprint density at radius 2 is 2.00 bits per heavy atom. The van der Waals surface area contributed by atoms with Gasteiger partial charge >= 0.3 is 0 Å². The minimum atomic E-state index is -0.237. The van der Waals surface area contributed by atoms with Crippen LogP contribution >= 0.6 is 23.9 Å². The number of carbonyl (C=O) groups is 1. The van der Waals surface area contributed by atoms with Crippen molar-refractivity contribution in [1.82, 2.24) is 14.9 Å². The highest BCUT2D eigenvalue weighted by atomic mass is 35.5. The molecule has 2 aromatic carbocycles. The van der Waals surface area contributed by atoms with Crippen LogP contribution in [-0.2, 0) is 0 Å². The fourth-order valence-electron chi connectivity index (χ4n) is 2.37. The number of aryl methyl sites for hydroxylation is 1. The van der Waals surface area contributed by atoms with Gasteiger partial charge in [-0.1, -0.05) is 40.9 Å². The average molecular weight is 349 g/mol. The van der Waals surface area contributed by atoms with Gasteiger partial charge in [-0.3, -0.25) is 4.79 Å². The third-order valence-corrected chi connectivity index (χ3v) is 4.40. The molecule has 1 aromatic heterocycles. The number of benzene rings is 2. The van der Waals surface area contributed by atoms with Crippen molar-refractivity contribution >= 4 is 40.6 Å². The fourth-order valence-corrected chi connectivity index (χ4v) is 2.93. The number of hydrogen-bond donors (Lipinski definition) is 2. The Labute approximate surface area is 144 Å². The highest BCUT2D eigenvalue weighted by molar-refractivity contribution is 7.08. The monoisotopic (exact) mass is 348 g/mol. The van der Waals surface area contributed by atoms with Gasteiger partial charge in [0.25, 0.3) is 5.91 Å². The fraction of sp³-hybridized carbons (Fsp3) is 0.188. The summed E-state index contributed by atoms with van der Waals surface area (Å²) in [5.74, 6) is -0.184. The summed E-state index contributed by atoms with van der Waals surface area (Å²) < 4.78 is 3.79. The summed E-state index contributed by atoms with van der Waals surface area (Å²) in [5.41, 5.74) is 7.47. The van der Waals surface area contributed by atoms with E-state index in [-0.39, 0.29) is 24.4 Å². The zero-order valence-corrected chi connectivity index (χ0v) is 14.2. The molecule has 3 rings (SSSR count). The molecule has 0 fully saturated rings. The second-order valence-corrected chi connectivity index (χ2v) is 5.81. The van der Waals surface area contributed by atoms with Gasteiger partial charge < -0.3 is 11.1 Å². The van der Waals surface area contributed by atoms with Crippen LogP contribution in [0, 0.1) is 6.92 Å². The molecule has 0 aliphatic rings. The van der Waals surface area contributed by atoms with Crippen molar-refractivity contribution in [3.63, 3.8) is 0 Å². The van der Waals surface area contributed by atoms with Crippen molar-refractivity contribution < 1.29 is 4.79 Å². The summed E-state index contributed by atoms with van der Waals surface area (Å²) in [6.07, 6.45) is 0. The predicted octanol–water partition coefficient (Wildman–Crippen LogP) is 2.85. The maximum absolute atomic E-state index is 12.3. The molecule has 0 radical (unpaired) electrons. The first-order valence-electron chi connectivity index (χ1n) is 6.97. The molecule has 3 aromatic rings. The van der Waals surface area contributed by atoms with Gasteiger partial charge in [0.1, 0.15) is 4.88 Å². The van der Waals surface area contributed by atoms with Gasteiger partial charge in [-0.25, -0.2) is 0 Å². The molecule has 0 aliphatic heterocycles. The second-order valence-electron chi connectivity index (χ2n) is 5.06. The number of aromatic nitrogens is 2. The first kappa shape index (κ1) is 17.3. The van der Waals surface area contributed by atoms with E-state index in [9.17, 15) is 4.79 Å². The summed E-state index contributed by atoms with van der Waals surface area (Å²) in [6, 6.07) is 14.0. The SMILES string of the molecule is Cc1nnsc1C(=O)NC(CN)c1ccc2ccccc2c1.Cl. The van der Waals surface area contributed by atoms with Crippen molar-refractivity contribution in [2.75, 3.05) is 6.54 Å². The molecular weight excluding hydrogens is 332 g/mol. The molecule has 0 spiro atoms. The Morgan fingerprint density at radius 1 is 1.26 bits per heavy atom. The lowest BCUT2D eigenvalue weighted by Gasteiger charge is -2.17. The Balaban J connectivity index is 0.00000192. The first-order chi connectivity index (χ1) is 10.7. The molecule has 1 unspecified atom stereocenters. The van der Waals surface area contributed by atoms with Gasteiger partial charge in [0.2, 0.25) is 0 Å². The number of nitrogens with one attached hydrogen (secondary N) is 1. The van der Waals surface area contributed by atoms with E-state index in [1.807, 2.05) is 30.3 Å².